The zero-order valence-corrected chi connectivity index (χ0v) is 11.5. The Hall–Kier alpha value is -2.03. The Morgan fingerprint density at radius 2 is 2.05 bits per heavy atom. The van der Waals surface area contributed by atoms with Crippen LogP contribution in [0.5, 0.6) is 5.75 Å². The van der Waals surface area contributed by atoms with E-state index in [4.69, 9.17) is 10.5 Å². The van der Waals surface area contributed by atoms with Crippen LogP contribution in [-0.2, 0) is 6.42 Å². The van der Waals surface area contributed by atoms with Crippen LogP contribution in [0.25, 0.3) is 11.3 Å². The molecule has 3 heteroatoms. The second-order valence-electron chi connectivity index (χ2n) is 5.81. The summed E-state index contributed by atoms with van der Waals surface area (Å²) < 4.78 is 5.88. The number of nitrogens with two attached hydrogens (primary N) is 1. The van der Waals surface area contributed by atoms with Crippen LogP contribution < -0.4 is 10.5 Å². The lowest BCUT2D eigenvalue weighted by Crippen LogP contribution is -2.24. The highest BCUT2D eigenvalue weighted by atomic mass is 16.5. The summed E-state index contributed by atoms with van der Waals surface area (Å²) in [5, 5.41) is 0. The Labute approximate surface area is 113 Å². The number of nitrogens with zero attached hydrogens (tertiary/aromatic N) is 1. The van der Waals surface area contributed by atoms with Gasteiger partial charge in [0.1, 0.15) is 11.4 Å². The predicted molar refractivity (Wildman–Crippen MR) is 77.2 cm³/mol. The second kappa shape index (κ2) is 3.98. The molecule has 0 saturated carbocycles. The minimum Gasteiger partial charge on any atom is -0.487 e. The first-order valence-corrected chi connectivity index (χ1v) is 6.49. The smallest absolute Gasteiger partial charge is 0.123 e. The van der Waals surface area contributed by atoms with Crippen molar-refractivity contribution in [2.24, 2.45) is 0 Å². The molecule has 2 N–H and O–H groups in total. The van der Waals surface area contributed by atoms with Gasteiger partial charge in [0.05, 0.1) is 11.4 Å². The zero-order valence-electron chi connectivity index (χ0n) is 11.5. The van der Waals surface area contributed by atoms with E-state index in [-0.39, 0.29) is 5.60 Å². The van der Waals surface area contributed by atoms with Crippen molar-refractivity contribution in [2.45, 2.75) is 32.8 Å². The molecule has 2 aromatic rings. The van der Waals surface area contributed by atoms with Crippen LogP contribution in [0.3, 0.4) is 0 Å². The van der Waals surface area contributed by atoms with Crippen LogP contribution in [0.4, 0.5) is 5.69 Å². The van der Waals surface area contributed by atoms with Gasteiger partial charge >= 0.3 is 0 Å². The van der Waals surface area contributed by atoms with Crippen LogP contribution in [0.1, 0.15) is 25.0 Å². The maximum absolute atomic E-state index is 6.06. The molecule has 0 aliphatic carbocycles. The molecule has 0 spiro atoms. The number of aromatic nitrogens is 1. The van der Waals surface area contributed by atoms with Gasteiger partial charge in [0.25, 0.3) is 0 Å². The molecule has 0 atom stereocenters. The number of benzene rings is 1. The van der Waals surface area contributed by atoms with Gasteiger partial charge in [-0.05, 0) is 56.2 Å². The first-order chi connectivity index (χ1) is 8.94. The van der Waals surface area contributed by atoms with Gasteiger partial charge in [-0.25, -0.2) is 0 Å². The molecule has 0 amide bonds. The molecule has 0 fully saturated rings. The van der Waals surface area contributed by atoms with Gasteiger partial charge < -0.3 is 10.5 Å². The molecule has 0 bridgehead atoms. The van der Waals surface area contributed by atoms with Crippen molar-refractivity contribution >= 4 is 5.69 Å². The number of pyridine rings is 1. The molecule has 1 aromatic carbocycles. The van der Waals surface area contributed by atoms with Crippen LogP contribution >= 0.6 is 0 Å². The lowest BCUT2D eigenvalue weighted by atomic mass is 9.99. The van der Waals surface area contributed by atoms with E-state index in [1.165, 1.54) is 5.56 Å². The summed E-state index contributed by atoms with van der Waals surface area (Å²) in [4.78, 5) is 4.44. The van der Waals surface area contributed by atoms with Crippen molar-refractivity contribution in [1.82, 2.24) is 4.98 Å². The van der Waals surface area contributed by atoms with Gasteiger partial charge in [0.15, 0.2) is 0 Å². The number of ether oxygens (including phenoxy) is 1. The Kier molecular flexibility index (Phi) is 2.52. The van der Waals surface area contributed by atoms with E-state index in [9.17, 15) is 0 Å². The summed E-state index contributed by atoms with van der Waals surface area (Å²) >= 11 is 0. The largest absolute Gasteiger partial charge is 0.487 e. The van der Waals surface area contributed by atoms with Crippen molar-refractivity contribution in [3.05, 3.63) is 41.6 Å². The van der Waals surface area contributed by atoms with Crippen molar-refractivity contribution in [3.63, 3.8) is 0 Å². The number of hydrogen-bond acceptors (Lipinski definition) is 3. The Morgan fingerprint density at radius 3 is 2.79 bits per heavy atom. The number of fused-ring (bicyclic) bond motifs is 1. The molecular formula is C16H18N2O. The van der Waals surface area contributed by atoms with Gasteiger partial charge in [-0.2, -0.15) is 0 Å². The topological polar surface area (TPSA) is 48.1 Å². The van der Waals surface area contributed by atoms with Gasteiger partial charge in [-0.15, -0.1) is 0 Å². The Morgan fingerprint density at radius 1 is 1.26 bits per heavy atom. The number of nitrogen functional groups attached to an aromatic ring is 1. The lowest BCUT2D eigenvalue weighted by Gasteiger charge is -2.16. The third kappa shape index (κ3) is 2.16. The zero-order chi connectivity index (χ0) is 13.6. The molecule has 1 aliphatic heterocycles. The van der Waals surface area contributed by atoms with Crippen LogP contribution in [0.2, 0.25) is 0 Å². The SMILES string of the molecule is Cc1cnc(-c2ccc3c(c2)CC(C)(C)O3)c(N)c1. The van der Waals surface area contributed by atoms with Crippen molar-refractivity contribution in [2.75, 3.05) is 5.73 Å². The quantitative estimate of drug-likeness (QED) is 0.849. The maximum atomic E-state index is 6.06. The van der Waals surface area contributed by atoms with Crippen molar-refractivity contribution < 1.29 is 4.74 Å². The van der Waals surface area contributed by atoms with E-state index in [1.54, 1.807) is 0 Å². The van der Waals surface area contributed by atoms with Crippen molar-refractivity contribution in [1.29, 1.82) is 0 Å². The highest BCUT2D eigenvalue weighted by Crippen LogP contribution is 2.37. The van der Waals surface area contributed by atoms with E-state index >= 15 is 0 Å². The molecule has 3 nitrogen and oxygen atoms in total. The number of anilines is 1. The molecule has 3 rings (SSSR count). The third-order valence-electron chi connectivity index (χ3n) is 3.39. The van der Waals surface area contributed by atoms with Crippen LogP contribution in [-0.4, -0.2) is 10.6 Å². The number of aryl methyl sites for hydroxylation is 1. The lowest BCUT2D eigenvalue weighted by molar-refractivity contribution is 0.138. The number of hydrogen-bond donors (Lipinski definition) is 1. The highest BCUT2D eigenvalue weighted by Gasteiger charge is 2.30. The molecule has 1 aliphatic rings. The molecule has 2 heterocycles. The first kappa shape index (κ1) is 12.0. The summed E-state index contributed by atoms with van der Waals surface area (Å²) in [7, 11) is 0. The molecule has 98 valence electrons. The van der Waals surface area contributed by atoms with Crippen LogP contribution in [0, 0.1) is 6.92 Å². The van der Waals surface area contributed by atoms with Crippen molar-refractivity contribution in [3.8, 4) is 17.0 Å². The minimum atomic E-state index is -0.118. The standard InChI is InChI=1S/C16H18N2O/c1-10-6-13(17)15(18-9-10)11-4-5-14-12(7-11)8-16(2,3)19-14/h4-7,9H,8,17H2,1-3H3. The van der Waals surface area contributed by atoms with Gasteiger partial charge in [-0.3, -0.25) is 4.98 Å². The highest BCUT2D eigenvalue weighted by molar-refractivity contribution is 5.74. The van der Waals surface area contributed by atoms with E-state index in [0.29, 0.717) is 0 Å². The van der Waals surface area contributed by atoms with Crippen LogP contribution in [0.15, 0.2) is 30.5 Å². The fraction of sp³-hybridized carbons (Fsp3) is 0.312. The summed E-state index contributed by atoms with van der Waals surface area (Å²) in [5.74, 6) is 0.972. The fourth-order valence-electron chi connectivity index (χ4n) is 2.59. The average Bonchev–Trinajstić information content (AvgIpc) is 2.61. The average molecular weight is 254 g/mol. The van der Waals surface area contributed by atoms with E-state index < -0.39 is 0 Å². The minimum absolute atomic E-state index is 0.118. The molecule has 0 saturated heterocycles. The summed E-state index contributed by atoms with van der Waals surface area (Å²) in [6.45, 7) is 6.20. The Bertz CT molecular complexity index is 647. The maximum Gasteiger partial charge on any atom is 0.123 e. The fourth-order valence-corrected chi connectivity index (χ4v) is 2.59. The predicted octanol–water partition coefficient (Wildman–Crippen LogP) is 3.35. The summed E-state index contributed by atoms with van der Waals surface area (Å²) in [6, 6.07) is 8.13. The monoisotopic (exact) mass is 254 g/mol. The molecule has 0 unspecified atom stereocenters. The molecule has 19 heavy (non-hydrogen) atoms. The number of rotatable bonds is 1. The summed E-state index contributed by atoms with van der Waals surface area (Å²) in [5.41, 5.74) is 10.9. The van der Waals surface area contributed by atoms with Gasteiger partial charge in [0, 0.05) is 18.2 Å². The van der Waals surface area contributed by atoms with E-state index in [0.717, 1.165) is 34.7 Å². The Balaban J connectivity index is 2.04. The molecular weight excluding hydrogens is 236 g/mol. The molecule has 1 aromatic heterocycles. The van der Waals surface area contributed by atoms with E-state index in [2.05, 4.69) is 24.9 Å². The normalized spacial score (nSPS) is 15.9. The second-order valence-corrected chi connectivity index (χ2v) is 5.81. The summed E-state index contributed by atoms with van der Waals surface area (Å²) in [6.07, 6.45) is 2.77. The van der Waals surface area contributed by atoms with E-state index in [1.807, 2.05) is 31.3 Å². The van der Waals surface area contributed by atoms with Gasteiger partial charge in [-0.1, -0.05) is 0 Å². The molecule has 0 radical (unpaired) electrons. The third-order valence-corrected chi connectivity index (χ3v) is 3.39. The van der Waals surface area contributed by atoms with Gasteiger partial charge in [0.2, 0.25) is 0 Å². The first-order valence-electron chi connectivity index (χ1n) is 6.49.